The highest BCUT2D eigenvalue weighted by Gasteiger charge is 2.24. The van der Waals surface area contributed by atoms with Gasteiger partial charge in [0.05, 0.1) is 4.92 Å². The average molecular weight is 420 g/mol. The molecule has 0 saturated heterocycles. The number of carbonyl (C=O) groups is 1. The third-order valence-electron chi connectivity index (χ3n) is 4.71. The van der Waals surface area contributed by atoms with Crippen molar-refractivity contribution in [2.45, 2.75) is 0 Å². The number of hydrogen-bond donors (Lipinski definition) is 1. The van der Waals surface area contributed by atoms with Crippen molar-refractivity contribution >= 4 is 23.4 Å². The lowest BCUT2D eigenvalue weighted by Gasteiger charge is -2.29. The van der Waals surface area contributed by atoms with Crippen LogP contribution in [0.15, 0.2) is 89.8 Å². The van der Waals surface area contributed by atoms with Crippen LogP contribution in [0.1, 0.15) is 5.56 Å². The molecule has 1 N–H and O–H groups in total. The molecule has 1 aromatic rings. The number of amides is 1. The van der Waals surface area contributed by atoms with Crippen LogP contribution >= 0.6 is 0 Å². The predicted molar refractivity (Wildman–Crippen MR) is 116 cm³/mol. The normalized spacial score (nSPS) is 17.2. The van der Waals surface area contributed by atoms with Crippen molar-refractivity contribution in [3.05, 3.63) is 116 Å². The lowest BCUT2D eigenvalue weighted by molar-refractivity contribution is -0.384. The van der Waals surface area contributed by atoms with Gasteiger partial charge < -0.3 is 20.4 Å². The van der Waals surface area contributed by atoms with E-state index in [1.165, 1.54) is 35.3 Å². The fourth-order valence-corrected chi connectivity index (χ4v) is 3.12. The first-order valence-electron chi connectivity index (χ1n) is 9.16. The Morgan fingerprint density at radius 1 is 1.03 bits per heavy atom. The first-order chi connectivity index (χ1) is 14.8. The molecule has 0 fully saturated rings. The topological polar surface area (TPSA) is 133 Å². The fraction of sp³-hybridized carbons (Fsp3) is 0.0909. The maximum atomic E-state index is 12.2. The maximum absolute atomic E-state index is 12.2. The largest absolute Gasteiger partial charge is 0.612 e. The number of aliphatic hydroxyl groups is 1. The molecule has 0 saturated carbocycles. The zero-order chi connectivity index (χ0) is 22.5. The number of nitrogens with zero attached hydrogens (tertiary/aromatic N) is 3. The van der Waals surface area contributed by atoms with E-state index in [1.54, 1.807) is 36.4 Å². The van der Waals surface area contributed by atoms with E-state index in [0.717, 1.165) is 0 Å². The van der Waals surface area contributed by atoms with Gasteiger partial charge in [0.15, 0.2) is 0 Å². The summed E-state index contributed by atoms with van der Waals surface area (Å²) in [5, 5.41) is 43.3. The van der Waals surface area contributed by atoms with Crippen molar-refractivity contribution in [3.63, 3.8) is 0 Å². The van der Waals surface area contributed by atoms with Gasteiger partial charge in [-0.3, -0.25) is 14.9 Å². The van der Waals surface area contributed by atoms with Gasteiger partial charge in [0, 0.05) is 48.5 Å². The lowest BCUT2D eigenvalue weighted by Crippen LogP contribution is -2.37. The molecule has 0 unspecified atom stereocenters. The number of non-ortho nitro benzene ring substituents is 1. The first-order valence-corrected chi connectivity index (χ1v) is 9.16. The zero-order valence-electron chi connectivity index (χ0n) is 16.3. The molecule has 0 spiro atoms. The summed E-state index contributed by atoms with van der Waals surface area (Å²) in [7, 11) is 0. The molecular weight excluding hydrogens is 402 g/mol. The summed E-state index contributed by atoms with van der Waals surface area (Å²) in [4.78, 5) is 23.5. The van der Waals surface area contributed by atoms with E-state index in [-0.39, 0.29) is 36.2 Å². The van der Waals surface area contributed by atoms with Gasteiger partial charge in [-0.15, -0.1) is 0 Å². The van der Waals surface area contributed by atoms with Crippen LogP contribution in [0.2, 0.25) is 0 Å². The average Bonchev–Trinajstić information content (AvgIpc) is 2.76. The molecule has 9 heteroatoms. The number of carbonyl (C=O) groups excluding carboxylic acids is 1. The molecule has 158 valence electrons. The fourth-order valence-electron chi connectivity index (χ4n) is 3.12. The Balaban J connectivity index is 1.99. The molecule has 1 aromatic carbocycles. The van der Waals surface area contributed by atoms with Gasteiger partial charge in [-0.25, -0.2) is 0 Å². The number of aliphatic hydroxyl groups excluding tert-OH is 1. The predicted octanol–water partition coefficient (Wildman–Crippen LogP) is 3.32. The Kier molecular flexibility index (Phi) is 6.15. The summed E-state index contributed by atoms with van der Waals surface area (Å²) in [6.45, 7) is 3.76. The molecule has 1 amide bonds. The van der Waals surface area contributed by atoms with Crippen molar-refractivity contribution in [2.75, 3.05) is 13.1 Å². The van der Waals surface area contributed by atoms with Crippen LogP contribution in [0.3, 0.4) is 0 Å². The van der Waals surface area contributed by atoms with Gasteiger partial charge in [-0.05, 0) is 53.6 Å². The number of nitro groups is 1. The van der Waals surface area contributed by atoms with E-state index in [0.29, 0.717) is 22.3 Å². The van der Waals surface area contributed by atoms with Crippen LogP contribution in [-0.4, -0.2) is 44.5 Å². The second-order valence-corrected chi connectivity index (χ2v) is 6.78. The van der Waals surface area contributed by atoms with Crippen molar-refractivity contribution in [1.29, 1.82) is 0 Å². The third-order valence-corrected chi connectivity index (χ3v) is 4.71. The molecule has 1 aliphatic carbocycles. The molecule has 0 radical (unpaired) electrons. The summed E-state index contributed by atoms with van der Waals surface area (Å²) < 4.78 is 0. The second-order valence-electron chi connectivity index (χ2n) is 6.78. The molecule has 9 nitrogen and oxygen atoms in total. The van der Waals surface area contributed by atoms with Gasteiger partial charge in [0.25, 0.3) is 5.69 Å². The standard InChI is InChI=1S/C22H18N3O6/c1-2-21(26)23-13-17(11-15-3-7-19(8-4-15)24(28)29)22(27)18(14-23)12-16-5-9-20(10-6-16)25(30)31/h2-12H,1,13-14H2,(H-,27,28,29)/q-1/b18-12+. The Morgan fingerprint density at radius 3 is 2.23 bits per heavy atom. The highest BCUT2D eigenvalue weighted by Crippen LogP contribution is 2.26. The molecule has 31 heavy (non-hydrogen) atoms. The SMILES string of the molecule is C=CC(=O)N1CC(C=C2C=CC(=[N+]([O-])[O-])C=C2)=C(O)/C(=C/c2ccc([N+](=O)[O-])cc2)C1. The molecule has 3 rings (SSSR count). The highest BCUT2D eigenvalue weighted by molar-refractivity contribution is 6.02. The molecule has 2 aliphatic rings. The van der Waals surface area contributed by atoms with Crippen LogP contribution in [-0.2, 0) is 4.79 Å². The van der Waals surface area contributed by atoms with Gasteiger partial charge in [0.1, 0.15) is 5.76 Å². The second kappa shape index (κ2) is 8.95. The minimum atomic E-state index is -0.503. The minimum Gasteiger partial charge on any atom is -0.612 e. The van der Waals surface area contributed by atoms with Crippen molar-refractivity contribution in [3.8, 4) is 0 Å². The summed E-state index contributed by atoms with van der Waals surface area (Å²) in [5.74, 6) is -0.346. The Labute approximate surface area is 177 Å². The summed E-state index contributed by atoms with van der Waals surface area (Å²) in [5.41, 5.74) is 2.03. The summed E-state index contributed by atoms with van der Waals surface area (Å²) in [6.07, 6.45) is 10.3. The van der Waals surface area contributed by atoms with E-state index in [2.05, 4.69) is 6.58 Å². The van der Waals surface area contributed by atoms with Crippen molar-refractivity contribution in [2.24, 2.45) is 0 Å². The van der Waals surface area contributed by atoms with E-state index >= 15 is 0 Å². The smallest absolute Gasteiger partial charge is 0.269 e. The lowest BCUT2D eigenvalue weighted by atomic mass is 9.97. The minimum absolute atomic E-state index is 0.0233. The molecule has 1 aliphatic heterocycles. The number of hydrogen-bond acceptors (Lipinski definition) is 6. The maximum Gasteiger partial charge on any atom is 0.269 e. The zero-order valence-corrected chi connectivity index (χ0v) is 16.3. The van der Waals surface area contributed by atoms with E-state index in [9.17, 15) is 30.4 Å². The van der Waals surface area contributed by atoms with E-state index < -0.39 is 9.83 Å². The summed E-state index contributed by atoms with van der Waals surface area (Å²) in [6, 6.07) is 5.80. The van der Waals surface area contributed by atoms with Gasteiger partial charge in [-0.2, -0.15) is 4.90 Å². The molecular formula is C22H18N3O6-. The van der Waals surface area contributed by atoms with E-state index in [4.69, 9.17) is 0 Å². The van der Waals surface area contributed by atoms with Crippen LogP contribution in [0, 0.1) is 20.5 Å². The van der Waals surface area contributed by atoms with Gasteiger partial charge in [0.2, 0.25) is 11.6 Å². The number of benzene rings is 1. The Hall–Kier alpha value is -4.40. The summed E-state index contributed by atoms with van der Waals surface area (Å²) >= 11 is 0. The molecule has 0 aromatic heterocycles. The van der Waals surface area contributed by atoms with Gasteiger partial charge in [-0.1, -0.05) is 6.58 Å². The van der Waals surface area contributed by atoms with Crippen molar-refractivity contribution in [1.82, 2.24) is 4.90 Å². The quantitative estimate of drug-likeness (QED) is 0.344. The van der Waals surface area contributed by atoms with Crippen LogP contribution in [0.4, 0.5) is 5.69 Å². The van der Waals surface area contributed by atoms with E-state index in [1.807, 2.05) is 0 Å². The van der Waals surface area contributed by atoms with Crippen LogP contribution in [0.5, 0.6) is 0 Å². The number of allylic oxidation sites excluding steroid dienone is 5. The molecule has 0 bridgehead atoms. The van der Waals surface area contributed by atoms with Crippen LogP contribution in [0.25, 0.3) is 6.08 Å². The number of rotatable bonds is 4. The molecule has 0 atom stereocenters. The monoisotopic (exact) mass is 420 g/mol. The molecule has 1 heterocycles. The Morgan fingerprint density at radius 2 is 1.68 bits per heavy atom. The van der Waals surface area contributed by atoms with Crippen molar-refractivity contribution < 1.29 is 19.7 Å². The van der Waals surface area contributed by atoms with Gasteiger partial charge >= 0.3 is 0 Å². The first kappa shape index (κ1) is 21.3. The highest BCUT2D eigenvalue weighted by atomic mass is 16.8. The third kappa shape index (κ3) is 4.96. The van der Waals surface area contributed by atoms with Crippen LogP contribution < -0.4 is 0 Å². The number of nitro benzene ring substituents is 1. The Bertz CT molecular complexity index is 1100.